The maximum absolute atomic E-state index is 6.46. The fourth-order valence-corrected chi connectivity index (χ4v) is 3.89. The molecule has 1 aromatic rings. The summed E-state index contributed by atoms with van der Waals surface area (Å²) in [6.07, 6.45) is 4.99. The number of hydrogen-bond donors (Lipinski definition) is 1. The summed E-state index contributed by atoms with van der Waals surface area (Å²) in [5.41, 5.74) is 1.17. The summed E-state index contributed by atoms with van der Waals surface area (Å²) in [5.74, 6) is 2.27. The zero-order valence-corrected chi connectivity index (χ0v) is 14.8. The van der Waals surface area contributed by atoms with Gasteiger partial charge in [0.2, 0.25) is 0 Å². The van der Waals surface area contributed by atoms with E-state index in [9.17, 15) is 0 Å². The van der Waals surface area contributed by atoms with Gasteiger partial charge in [0.15, 0.2) is 0 Å². The smallest absolute Gasteiger partial charge is 0.0454 e. The molecule has 4 unspecified atom stereocenters. The van der Waals surface area contributed by atoms with E-state index < -0.39 is 0 Å². The number of rotatable bonds is 5. The van der Waals surface area contributed by atoms with Gasteiger partial charge >= 0.3 is 0 Å². The van der Waals surface area contributed by atoms with Crippen molar-refractivity contribution in [3.63, 3.8) is 0 Å². The predicted octanol–water partition coefficient (Wildman–Crippen LogP) is 6.11. The fraction of sp³-hybridized carbons (Fsp3) is 0.667. The lowest BCUT2D eigenvalue weighted by molar-refractivity contribution is 0.171. The van der Waals surface area contributed by atoms with E-state index in [1.807, 2.05) is 18.2 Å². The third-order valence-corrected chi connectivity index (χ3v) is 5.60. The molecule has 1 fully saturated rings. The maximum Gasteiger partial charge on any atom is 0.0454 e. The first-order valence-corrected chi connectivity index (χ1v) is 8.96. The Hall–Kier alpha value is -0.240. The van der Waals surface area contributed by atoms with Crippen molar-refractivity contribution in [1.82, 2.24) is 5.32 Å². The standard InChI is InChI=1S/C18H27Cl2N/c1-4-9-21-18(14-6-5-12(2)13(3)10-14)16-11-15(19)7-8-17(16)20/h7-8,11-14,18,21H,4-6,9-10H2,1-3H3. The van der Waals surface area contributed by atoms with Gasteiger partial charge in [-0.2, -0.15) is 0 Å². The highest BCUT2D eigenvalue weighted by molar-refractivity contribution is 6.33. The highest BCUT2D eigenvalue weighted by Gasteiger charge is 2.31. The van der Waals surface area contributed by atoms with Crippen molar-refractivity contribution in [3.05, 3.63) is 33.8 Å². The van der Waals surface area contributed by atoms with Crippen molar-refractivity contribution >= 4 is 23.2 Å². The van der Waals surface area contributed by atoms with E-state index in [1.165, 1.54) is 24.8 Å². The van der Waals surface area contributed by atoms with Crippen molar-refractivity contribution < 1.29 is 0 Å². The number of benzene rings is 1. The Balaban J connectivity index is 2.23. The molecular weight excluding hydrogens is 301 g/mol. The van der Waals surface area contributed by atoms with Crippen LogP contribution in [-0.2, 0) is 0 Å². The summed E-state index contributed by atoms with van der Waals surface area (Å²) < 4.78 is 0. The normalized spacial score (nSPS) is 27.6. The largest absolute Gasteiger partial charge is 0.310 e. The lowest BCUT2D eigenvalue weighted by atomic mass is 9.72. The topological polar surface area (TPSA) is 12.0 Å². The summed E-state index contributed by atoms with van der Waals surface area (Å²) in [5, 5.41) is 5.32. The summed E-state index contributed by atoms with van der Waals surface area (Å²) in [4.78, 5) is 0. The Labute approximate surface area is 139 Å². The molecule has 3 heteroatoms. The molecule has 0 spiro atoms. The molecule has 0 aliphatic heterocycles. The van der Waals surface area contributed by atoms with E-state index in [4.69, 9.17) is 23.2 Å². The second kappa shape index (κ2) is 7.85. The number of halogens is 2. The Morgan fingerprint density at radius 3 is 2.62 bits per heavy atom. The number of nitrogens with one attached hydrogen (secondary N) is 1. The van der Waals surface area contributed by atoms with Crippen LogP contribution in [0, 0.1) is 17.8 Å². The van der Waals surface area contributed by atoms with Crippen LogP contribution >= 0.6 is 23.2 Å². The molecule has 118 valence electrons. The average molecular weight is 328 g/mol. The van der Waals surface area contributed by atoms with Crippen molar-refractivity contribution in [1.29, 1.82) is 0 Å². The third kappa shape index (κ3) is 4.37. The third-order valence-electron chi connectivity index (χ3n) is 5.02. The maximum atomic E-state index is 6.46. The van der Waals surface area contributed by atoms with E-state index in [-0.39, 0.29) is 0 Å². The molecule has 1 aliphatic carbocycles. The molecular formula is C18H27Cl2N. The molecule has 1 N–H and O–H groups in total. The van der Waals surface area contributed by atoms with Crippen LogP contribution < -0.4 is 5.32 Å². The Morgan fingerprint density at radius 2 is 1.95 bits per heavy atom. The van der Waals surface area contributed by atoms with Crippen molar-refractivity contribution in [3.8, 4) is 0 Å². The van der Waals surface area contributed by atoms with Gasteiger partial charge in [-0.25, -0.2) is 0 Å². The van der Waals surface area contributed by atoms with Crippen LogP contribution in [0.5, 0.6) is 0 Å². The van der Waals surface area contributed by atoms with Crippen LogP contribution in [0.1, 0.15) is 58.1 Å². The van der Waals surface area contributed by atoms with Crippen LogP contribution in [0.3, 0.4) is 0 Å². The second-order valence-electron chi connectivity index (χ2n) is 6.63. The summed E-state index contributed by atoms with van der Waals surface area (Å²) in [7, 11) is 0. The van der Waals surface area contributed by atoms with E-state index in [0.717, 1.165) is 34.8 Å². The molecule has 0 amide bonds. The van der Waals surface area contributed by atoms with Gasteiger partial charge in [-0.05, 0) is 67.3 Å². The van der Waals surface area contributed by atoms with Gasteiger partial charge in [0.25, 0.3) is 0 Å². The van der Waals surface area contributed by atoms with Gasteiger partial charge in [0.1, 0.15) is 0 Å². The first-order valence-electron chi connectivity index (χ1n) is 8.21. The van der Waals surface area contributed by atoms with Crippen LogP contribution in [0.15, 0.2) is 18.2 Å². The molecule has 1 aliphatic rings. The quantitative estimate of drug-likeness (QED) is 0.688. The summed E-state index contributed by atoms with van der Waals surface area (Å²) >= 11 is 12.7. The highest BCUT2D eigenvalue weighted by Crippen LogP contribution is 2.41. The minimum absolute atomic E-state index is 0.325. The SMILES string of the molecule is CCCNC(c1cc(Cl)ccc1Cl)C1CCC(C)C(C)C1. The second-order valence-corrected chi connectivity index (χ2v) is 7.47. The van der Waals surface area contributed by atoms with Gasteiger partial charge in [-0.1, -0.05) is 50.4 Å². The molecule has 4 atom stereocenters. The minimum atomic E-state index is 0.325. The molecule has 0 aromatic heterocycles. The van der Waals surface area contributed by atoms with E-state index in [2.05, 4.69) is 26.1 Å². The monoisotopic (exact) mass is 327 g/mol. The van der Waals surface area contributed by atoms with Gasteiger partial charge < -0.3 is 5.32 Å². The molecule has 1 nitrogen and oxygen atoms in total. The molecule has 0 bridgehead atoms. The molecule has 0 heterocycles. The Bertz CT molecular complexity index is 461. The first-order chi connectivity index (χ1) is 10.0. The highest BCUT2D eigenvalue weighted by atomic mass is 35.5. The van der Waals surface area contributed by atoms with Crippen molar-refractivity contribution in [2.75, 3.05) is 6.54 Å². The molecule has 0 radical (unpaired) electrons. The first kappa shape index (κ1) is 17.1. The van der Waals surface area contributed by atoms with Gasteiger partial charge in [-0.3, -0.25) is 0 Å². The number of hydrogen-bond acceptors (Lipinski definition) is 1. The summed E-state index contributed by atoms with van der Waals surface area (Å²) in [6, 6.07) is 6.16. The van der Waals surface area contributed by atoms with E-state index >= 15 is 0 Å². The molecule has 2 rings (SSSR count). The van der Waals surface area contributed by atoms with Crippen LogP contribution in [0.4, 0.5) is 0 Å². The van der Waals surface area contributed by atoms with Crippen LogP contribution in [0.25, 0.3) is 0 Å². The van der Waals surface area contributed by atoms with Crippen LogP contribution in [0.2, 0.25) is 10.0 Å². The van der Waals surface area contributed by atoms with E-state index in [0.29, 0.717) is 12.0 Å². The zero-order valence-electron chi connectivity index (χ0n) is 13.3. The van der Waals surface area contributed by atoms with Crippen molar-refractivity contribution in [2.45, 2.75) is 52.5 Å². The molecule has 1 aromatic carbocycles. The lowest BCUT2D eigenvalue weighted by Gasteiger charge is -2.37. The van der Waals surface area contributed by atoms with Crippen LogP contribution in [-0.4, -0.2) is 6.54 Å². The molecule has 21 heavy (non-hydrogen) atoms. The Morgan fingerprint density at radius 1 is 1.19 bits per heavy atom. The fourth-order valence-electron chi connectivity index (χ4n) is 3.48. The predicted molar refractivity (Wildman–Crippen MR) is 93.2 cm³/mol. The zero-order chi connectivity index (χ0) is 15.4. The Kier molecular flexibility index (Phi) is 6.40. The minimum Gasteiger partial charge on any atom is -0.310 e. The van der Waals surface area contributed by atoms with Crippen molar-refractivity contribution in [2.24, 2.45) is 17.8 Å². The van der Waals surface area contributed by atoms with Gasteiger partial charge in [0, 0.05) is 16.1 Å². The van der Waals surface area contributed by atoms with E-state index in [1.54, 1.807) is 0 Å². The van der Waals surface area contributed by atoms with Gasteiger partial charge in [0.05, 0.1) is 0 Å². The average Bonchev–Trinajstić information content (AvgIpc) is 2.46. The lowest BCUT2D eigenvalue weighted by Crippen LogP contribution is -2.34. The van der Waals surface area contributed by atoms with Gasteiger partial charge in [-0.15, -0.1) is 0 Å². The summed E-state index contributed by atoms with van der Waals surface area (Å²) in [6.45, 7) is 7.98. The molecule has 0 saturated heterocycles. The molecule has 1 saturated carbocycles.